The van der Waals surface area contributed by atoms with Gasteiger partial charge in [0.2, 0.25) is 0 Å². The Labute approximate surface area is 140 Å². The van der Waals surface area contributed by atoms with E-state index in [0.29, 0.717) is 11.0 Å². The predicted molar refractivity (Wildman–Crippen MR) is 98.3 cm³/mol. The van der Waals surface area contributed by atoms with Crippen molar-refractivity contribution in [3.05, 3.63) is 84.1 Å². The molecule has 1 radical (unpaired) electrons. The van der Waals surface area contributed by atoms with E-state index in [0.717, 1.165) is 11.2 Å². The summed E-state index contributed by atoms with van der Waals surface area (Å²) in [5, 5.41) is 4.74. The molecule has 0 N–H and O–H groups in total. The van der Waals surface area contributed by atoms with Gasteiger partial charge in [0.25, 0.3) is 13.0 Å². The number of rotatable bonds is 5. The number of benzene rings is 1. The molecule has 3 rings (SSSR count). The van der Waals surface area contributed by atoms with Crippen molar-refractivity contribution in [1.29, 1.82) is 0 Å². The lowest BCUT2D eigenvalue weighted by Crippen LogP contribution is -2.32. The highest BCUT2D eigenvalue weighted by molar-refractivity contribution is 6.51. The topological polar surface area (TPSA) is 52.7 Å². The van der Waals surface area contributed by atoms with Gasteiger partial charge in [0.05, 0.1) is 18.2 Å². The minimum absolute atomic E-state index is 0.162. The molecule has 0 atom stereocenters. The molecule has 0 saturated carbocycles. The molecule has 24 heavy (non-hydrogen) atoms. The van der Waals surface area contributed by atoms with E-state index in [9.17, 15) is 4.79 Å². The molecule has 0 aliphatic heterocycles. The standard InChI is InChI=1S/C18H16BN4O/c1-3-5-11-15(4-2)23-17-16(12-21-23)18(24)22(13-20-17)19-14-9-7-6-8-10-14/h3-13H,2H2,1H3/b5-3-,15-11+. The van der Waals surface area contributed by atoms with Gasteiger partial charge in [0.1, 0.15) is 5.39 Å². The third kappa shape index (κ3) is 2.99. The van der Waals surface area contributed by atoms with E-state index in [1.807, 2.05) is 55.5 Å². The van der Waals surface area contributed by atoms with Crippen molar-refractivity contribution in [2.45, 2.75) is 6.92 Å². The van der Waals surface area contributed by atoms with Gasteiger partial charge in [-0.15, -0.1) is 0 Å². The molecule has 0 aliphatic rings. The van der Waals surface area contributed by atoms with Crippen molar-refractivity contribution in [2.24, 2.45) is 0 Å². The molecule has 1 aromatic carbocycles. The van der Waals surface area contributed by atoms with Gasteiger partial charge in [-0.3, -0.25) is 4.79 Å². The Morgan fingerprint density at radius 1 is 1.29 bits per heavy atom. The lowest BCUT2D eigenvalue weighted by Gasteiger charge is -2.05. The first-order chi connectivity index (χ1) is 11.7. The molecule has 0 fully saturated rings. The van der Waals surface area contributed by atoms with Gasteiger partial charge in [-0.05, 0) is 19.1 Å². The number of fused-ring (bicyclic) bond motifs is 1. The SMILES string of the molecule is C=C/C(=C\C=C/C)n1ncc2c(=O)n([B]c3ccccc3)cnc21. The molecule has 0 saturated heterocycles. The fourth-order valence-corrected chi connectivity index (χ4v) is 2.33. The van der Waals surface area contributed by atoms with Crippen LogP contribution in [0.5, 0.6) is 0 Å². The van der Waals surface area contributed by atoms with E-state index >= 15 is 0 Å². The van der Waals surface area contributed by atoms with Gasteiger partial charge in [0.15, 0.2) is 5.65 Å². The summed E-state index contributed by atoms with van der Waals surface area (Å²) in [5.74, 6) is 0. The zero-order valence-corrected chi connectivity index (χ0v) is 13.3. The molecular weight excluding hydrogens is 299 g/mol. The molecule has 5 nitrogen and oxygen atoms in total. The Bertz CT molecular complexity index is 983. The van der Waals surface area contributed by atoms with Crippen LogP contribution < -0.4 is 11.0 Å². The Kier molecular flexibility index (Phi) is 4.56. The highest BCUT2D eigenvalue weighted by Crippen LogP contribution is 2.12. The number of hydrogen-bond acceptors (Lipinski definition) is 3. The first-order valence-corrected chi connectivity index (χ1v) is 7.55. The van der Waals surface area contributed by atoms with Crippen LogP contribution in [0.15, 0.2) is 78.5 Å². The highest BCUT2D eigenvalue weighted by atomic mass is 16.1. The summed E-state index contributed by atoms with van der Waals surface area (Å²) in [5.41, 5.74) is 2.02. The minimum Gasteiger partial charge on any atom is -0.344 e. The van der Waals surface area contributed by atoms with E-state index < -0.39 is 0 Å². The Morgan fingerprint density at radius 2 is 2.08 bits per heavy atom. The fourth-order valence-electron chi connectivity index (χ4n) is 2.33. The molecule has 0 unspecified atom stereocenters. The third-order valence-electron chi connectivity index (χ3n) is 3.51. The predicted octanol–water partition coefficient (Wildman–Crippen LogP) is 1.99. The molecule has 0 spiro atoms. The summed E-state index contributed by atoms with van der Waals surface area (Å²) in [4.78, 5) is 17.0. The van der Waals surface area contributed by atoms with Gasteiger partial charge >= 0.3 is 0 Å². The van der Waals surface area contributed by atoms with Crippen molar-refractivity contribution in [3.8, 4) is 0 Å². The summed E-state index contributed by atoms with van der Waals surface area (Å²) >= 11 is 0. The molecule has 6 heteroatoms. The summed E-state index contributed by atoms with van der Waals surface area (Å²) in [6.07, 6.45) is 10.4. The maximum Gasteiger partial charge on any atom is 0.296 e. The quantitative estimate of drug-likeness (QED) is 0.534. The first kappa shape index (κ1) is 15.7. The van der Waals surface area contributed by atoms with Gasteiger partial charge in [-0.1, -0.05) is 54.5 Å². The molecular formula is C18H16BN4O. The number of aromatic nitrogens is 4. The monoisotopic (exact) mass is 315 g/mol. The molecule has 117 valence electrons. The van der Waals surface area contributed by atoms with Crippen LogP contribution in [0, 0.1) is 0 Å². The average Bonchev–Trinajstić information content (AvgIpc) is 3.04. The van der Waals surface area contributed by atoms with Crippen molar-refractivity contribution in [3.63, 3.8) is 0 Å². The first-order valence-electron chi connectivity index (χ1n) is 7.55. The summed E-state index contributed by atoms with van der Waals surface area (Å²) in [6, 6.07) is 9.62. The molecule has 2 heterocycles. The maximum absolute atomic E-state index is 12.7. The zero-order valence-electron chi connectivity index (χ0n) is 13.3. The maximum atomic E-state index is 12.7. The Hall–Kier alpha value is -3.15. The van der Waals surface area contributed by atoms with Crippen LogP contribution in [0.25, 0.3) is 16.7 Å². The Balaban J connectivity index is 2.06. The molecule has 3 aromatic rings. The summed E-state index contributed by atoms with van der Waals surface area (Å²) < 4.78 is 3.07. The summed E-state index contributed by atoms with van der Waals surface area (Å²) in [7, 11) is 1.75. The van der Waals surface area contributed by atoms with Crippen molar-refractivity contribution in [2.75, 3.05) is 0 Å². The van der Waals surface area contributed by atoms with Crippen LogP contribution in [-0.4, -0.2) is 26.7 Å². The molecule has 0 aliphatic carbocycles. The van der Waals surface area contributed by atoms with Crippen LogP contribution in [0.3, 0.4) is 0 Å². The third-order valence-corrected chi connectivity index (χ3v) is 3.51. The van der Waals surface area contributed by atoms with E-state index in [1.54, 1.807) is 18.2 Å². The van der Waals surface area contributed by atoms with E-state index in [1.165, 1.54) is 17.0 Å². The zero-order chi connectivity index (χ0) is 16.9. The van der Waals surface area contributed by atoms with Crippen LogP contribution in [0.1, 0.15) is 6.92 Å². The number of allylic oxidation sites excluding steroid dienone is 5. The highest BCUT2D eigenvalue weighted by Gasteiger charge is 2.12. The van der Waals surface area contributed by atoms with Crippen LogP contribution in [-0.2, 0) is 0 Å². The molecule has 2 aromatic heterocycles. The second-order valence-electron chi connectivity index (χ2n) is 5.11. The van der Waals surface area contributed by atoms with Gasteiger partial charge in [-0.2, -0.15) is 5.10 Å². The van der Waals surface area contributed by atoms with E-state index in [4.69, 9.17) is 0 Å². The van der Waals surface area contributed by atoms with Crippen molar-refractivity contribution >= 4 is 29.6 Å². The lowest BCUT2D eigenvalue weighted by atomic mass is 9.82. The van der Waals surface area contributed by atoms with Crippen molar-refractivity contribution < 1.29 is 0 Å². The second kappa shape index (κ2) is 6.96. The summed E-state index contributed by atoms with van der Waals surface area (Å²) in [6.45, 7) is 5.72. The Morgan fingerprint density at radius 3 is 2.79 bits per heavy atom. The minimum atomic E-state index is -0.162. The number of nitrogens with zero attached hydrogens (tertiary/aromatic N) is 4. The van der Waals surface area contributed by atoms with Gasteiger partial charge in [0, 0.05) is 0 Å². The van der Waals surface area contributed by atoms with E-state index in [2.05, 4.69) is 16.7 Å². The number of hydrogen-bond donors (Lipinski definition) is 0. The fraction of sp³-hybridized carbons (Fsp3) is 0.0556. The van der Waals surface area contributed by atoms with Gasteiger partial charge < -0.3 is 4.48 Å². The van der Waals surface area contributed by atoms with Crippen LogP contribution in [0.2, 0.25) is 0 Å². The van der Waals surface area contributed by atoms with Crippen molar-refractivity contribution in [1.82, 2.24) is 19.2 Å². The molecule has 0 bridgehead atoms. The van der Waals surface area contributed by atoms with Gasteiger partial charge in [-0.25, -0.2) is 9.67 Å². The second-order valence-corrected chi connectivity index (χ2v) is 5.11. The largest absolute Gasteiger partial charge is 0.344 e. The van der Waals surface area contributed by atoms with Crippen LogP contribution in [0.4, 0.5) is 0 Å². The normalized spacial score (nSPS) is 12.0. The van der Waals surface area contributed by atoms with Crippen LogP contribution >= 0.6 is 0 Å². The smallest absolute Gasteiger partial charge is 0.296 e. The van der Waals surface area contributed by atoms with E-state index in [-0.39, 0.29) is 5.56 Å². The lowest BCUT2D eigenvalue weighted by molar-refractivity contribution is 0.920. The average molecular weight is 315 g/mol. The molecule has 0 amide bonds.